The van der Waals surface area contributed by atoms with Crippen molar-refractivity contribution in [3.05, 3.63) is 39.5 Å². The Bertz CT molecular complexity index is 907. The molecule has 0 radical (unpaired) electrons. The van der Waals surface area contributed by atoms with Gasteiger partial charge in [-0.2, -0.15) is 0 Å². The number of hydrogen-bond acceptors (Lipinski definition) is 6. The Labute approximate surface area is 165 Å². The molecule has 0 aliphatic carbocycles. The highest BCUT2D eigenvalue weighted by Crippen LogP contribution is 2.33. The Morgan fingerprint density at radius 3 is 2.65 bits per heavy atom. The van der Waals surface area contributed by atoms with E-state index in [2.05, 4.69) is 4.98 Å². The van der Waals surface area contributed by atoms with Crippen LogP contribution in [0.4, 0.5) is 5.13 Å². The van der Waals surface area contributed by atoms with E-state index in [0.717, 1.165) is 22.5 Å². The fraction of sp³-hybridized carbons (Fsp3) is 0.333. The molecular weight excluding hydrogens is 390 g/mol. The van der Waals surface area contributed by atoms with Crippen molar-refractivity contribution in [2.75, 3.05) is 38.7 Å². The first kappa shape index (κ1) is 19.1. The summed E-state index contributed by atoms with van der Waals surface area (Å²) in [6, 6.07) is 9.31. The maximum Gasteiger partial charge on any atom is 0.270 e. The largest absolute Gasteiger partial charge is 0.494 e. The van der Waals surface area contributed by atoms with E-state index in [1.165, 1.54) is 22.7 Å². The summed E-state index contributed by atoms with van der Waals surface area (Å²) in [6.45, 7) is 3.87. The number of halogens is 1. The van der Waals surface area contributed by atoms with Crippen LogP contribution >= 0.6 is 34.3 Å². The van der Waals surface area contributed by atoms with Gasteiger partial charge >= 0.3 is 0 Å². The van der Waals surface area contributed by atoms with Crippen molar-refractivity contribution >= 4 is 55.5 Å². The number of nitrogens with zero attached hydrogens (tertiary/aromatic N) is 3. The Morgan fingerprint density at radius 1 is 1.19 bits per heavy atom. The molecule has 2 aromatic heterocycles. The molecule has 0 aliphatic rings. The molecule has 26 heavy (non-hydrogen) atoms. The number of thiazole rings is 1. The monoisotopic (exact) mass is 409 g/mol. The van der Waals surface area contributed by atoms with E-state index in [4.69, 9.17) is 16.3 Å². The molecule has 0 N–H and O–H groups in total. The van der Waals surface area contributed by atoms with Crippen LogP contribution in [-0.2, 0) is 0 Å². The lowest BCUT2D eigenvalue weighted by atomic mass is 10.3. The van der Waals surface area contributed by atoms with E-state index >= 15 is 0 Å². The van der Waals surface area contributed by atoms with Crippen molar-refractivity contribution < 1.29 is 9.53 Å². The predicted molar refractivity (Wildman–Crippen MR) is 110 cm³/mol. The molecule has 0 unspecified atom stereocenters. The average Bonchev–Trinajstić information content (AvgIpc) is 3.20. The molecule has 1 amide bonds. The Balaban J connectivity index is 1.95. The minimum Gasteiger partial charge on any atom is -0.494 e. The topological polar surface area (TPSA) is 45.7 Å². The normalized spacial score (nSPS) is 11.3. The maximum absolute atomic E-state index is 13.0. The van der Waals surface area contributed by atoms with E-state index < -0.39 is 0 Å². The molecule has 0 saturated heterocycles. The minimum absolute atomic E-state index is 0.0761. The Kier molecular flexibility index (Phi) is 6.13. The molecule has 0 atom stereocenters. The van der Waals surface area contributed by atoms with Crippen LogP contribution in [-0.4, -0.2) is 49.6 Å². The molecule has 0 saturated carbocycles. The van der Waals surface area contributed by atoms with Gasteiger partial charge in [0.15, 0.2) is 5.13 Å². The number of carbonyl (C=O) groups excluding carboxylic acids is 1. The summed E-state index contributed by atoms with van der Waals surface area (Å²) >= 11 is 8.79. The number of rotatable bonds is 7. The van der Waals surface area contributed by atoms with E-state index in [1.54, 1.807) is 17.0 Å². The lowest BCUT2D eigenvalue weighted by Gasteiger charge is -2.21. The molecule has 0 aliphatic heterocycles. The van der Waals surface area contributed by atoms with Crippen LogP contribution in [0.5, 0.6) is 5.75 Å². The van der Waals surface area contributed by atoms with Crippen molar-refractivity contribution in [1.82, 2.24) is 9.88 Å². The van der Waals surface area contributed by atoms with Gasteiger partial charge in [-0.05, 0) is 51.4 Å². The van der Waals surface area contributed by atoms with Gasteiger partial charge in [-0.1, -0.05) is 22.9 Å². The fourth-order valence-corrected chi connectivity index (χ4v) is 4.42. The zero-order chi connectivity index (χ0) is 18.7. The highest BCUT2D eigenvalue weighted by molar-refractivity contribution is 7.22. The van der Waals surface area contributed by atoms with Gasteiger partial charge in [0.25, 0.3) is 5.91 Å². The van der Waals surface area contributed by atoms with Crippen molar-refractivity contribution in [2.24, 2.45) is 0 Å². The summed E-state index contributed by atoms with van der Waals surface area (Å²) < 4.78 is 7.16. The number of anilines is 1. The number of thiophene rings is 1. The van der Waals surface area contributed by atoms with Crippen LogP contribution in [0, 0.1) is 0 Å². The number of amides is 1. The summed E-state index contributed by atoms with van der Waals surface area (Å²) in [7, 11) is 3.97. The summed E-state index contributed by atoms with van der Waals surface area (Å²) in [5.41, 5.74) is 0.861. The van der Waals surface area contributed by atoms with Gasteiger partial charge in [-0.3, -0.25) is 9.69 Å². The fourth-order valence-electron chi connectivity index (χ4n) is 2.41. The van der Waals surface area contributed by atoms with Crippen LogP contribution in [0.3, 0.4) is 0 Å². The number of hydrogen-bond donors (Lipinski definition) is 0. The SMILES string of the molecule is CCOc1ccc2nc(N(CCN(C)C)C(=O)c3ccc(Cl)s3)sc2c1. The lowest BCUT2D eigenvalue weighted by Crippen LogP contribution is -2.36. The van der Waals surface area contributed by atoms with E-state index in [1.807, 2.05) is 44.1 Å². The van der Waals surface area contributed by atoms with Gasteiger partial charge in [0.2, 0.25) is 0 Å². The maximum atomic E-state index is 13.0. The molecule has 0 spiro atoms. The third-order valence-electron chi connectivity index (χ3n) is 3.69. The van der Waals surface area contributed by atoms with Crippen LogP contribution in [0.1, 0.15) is 16.6 Å². The minimum atomic E-state index is -0.0761. The summed E-state index contributed by atoms with van der Waals surface area (Å²) in [4.78, 5) is 22.1. The van der Waals surface area contributed by atoms with Gasteiger partial charge in [-0.25, -0.2) is 4.98 Å². The molecule has 0 bridgehead atoms. The Morgan fingerprint density at radius 2 is 2.00 bits per heavy atom. The second kappa shape index (κ2) is 8.35. The molecule has 1 aromatic carbocycles. The van der Waals surface area contributed by atoms with E-state index in [9.17, 15) is 4.79 Å². The summed E-state index contributed by atoms with van der Waals surface area (Å²) in [5.74, 6) is 0.735. The van der Waals surface area contributed by atoms with Crippen molar-refractivity contribution in [3.63, 3.8) is 0 Å². The van der Waals surface area contributed by atoms with Gasteiger partial charge in [0.05, 0.1) is 26.0 Å². The molecule has 3 rings (SSSR count). The third-order valence-corrected chi connectivity index (χ3v) is 5.95. The van der Waals surface area contributed by atoms with Crippen molar-refractivity contribution in [1.29, 1.82) is 0 Å². The first-order valence-electron chi connectivity index (χ1n) is 8.23. The lowest BCUT2D eigenvalue weighted by molar-refractivity contribution is 0.0989. The zero-order valence-corrected chi connectivity index (χ0v) is 17.2. The van der Waals surface area contributed by atoms with E-state index in [-0.39, 0.29) is 5.91 Å². The highest BCUT2D eigenvalue weighted by Gasteiger charge is 2.23. The third kappa shape index (κ3) is 4.35. The van der Waals surface area contributed by atoms with Crippen LogP contribution in [0.2, 0.25) is 4.34 Å². The number of benzene rings is 1. The molecule has 2 heterocycles. The second-order valence-electron chi connectivity index (χ2n) is 5.92. The van der Waals surface area contributed by atoms with Crippen molar-refractivity contribution in [2.45, 2.75) is 6.92 Å². The van der Waals surface area contributed by atoms with Crippen LogP contribution in [0.25, 0.3) is 10.2 Å². The number of carbonyl (C=O) groups is 1. The molecule has 8 heteroatoms. The van der Waals surface area contributed by atoms with Gasteiger partial charge in [0.1, 0.15) is 5.75 Å². The predicted octanol–water partition coefficient (Wildman–Crippen LogP) is 4.62. The Hall–Kier alpha value is -1.67. The molecule has 3 aromatic rings. The molecule has 138 valence electrons. The highest BCUT2D eigenvalue weighted by atomic mass is 35.5. The first-order chi connectivity index (χ1) is 12.5. The second-order valence-corrected chi connectivity index (χ2v) is 8.65. The summed E-state index contributed by atoms with van der Waals surface area (Å²) in [6.07, 6.45) is 0. The number of likely N-dealkylation sites (N-methyl/N-ethyl adjacent to an activating group) is 1. The zero-order valence-electron chi connectivity index (χ0n) is 14.9. The molecule has 0 fully saturated rings. The molecule has 5 nitrogen and oxygen atoms in total. The van der Waals surface area contributed by atoms with E-state index in [0.29, 0.717) is 27.5 Å². The number of fused-ring (bicyclic) bond motifs is 1. The quantitative estimate of drug-likeness (QED) is 0.571. The summed E-state index contributed by atoms with van der Waals surface area (Å²) in [5, 5.41) is 0.685. The van der Waals surface area contributed by atoms with Gasteiger partial charge in [-0.15, -0.1) is 11.3 Å². The van der Waals surface area contributed by atoms with Gasteiger partial charge < -0.3 is 9.64 Å². The van der Waals surface area contributed by atoms with Gasteiger partial charge in [0, 0.05) is 13.1 Å². The standard InChI is InChI=1S/C18H20ClN3O2S2/c1-4-24-12-5-6-13-15(11-12)26-18(20-13)22(10-9-21(2)3)17(23)14-7-8-16(19)25-14/h5-8,11H,4,9-10H2,1-3H3. The van der Waals surface area contributed by atoms with Crippen molar-refractivity contribution in [3.8, 4) is 5.75 Å². The first-order valence-corrected chi connectivity index (χ1v) is 10.2. The van der Waals surface area contributed by atoms with Crippen LogP contribution in [0.15, 0.2) is 30.3 Å². The number of aromatic nitrogens is 1. The smallest absolute Gasteiger partial charge is 0.270 e. The van der Waals surface area contributed by atoms with Crippen LogP contribution < -0.4 is 9.64 Å². The number of ether oxygens (including phenoxy) is 1. The molecular formula is C18H20ClN3O2S2. The average molecular weight is 410 g/mol.